The van der Waals surface area contributed by atoms with E-state index in [9.17, 15) is 15.0 Å². The number of hydrogen-bond donors (Lipinski definition) is 3. The van der Waals surface area contributed by atoms with Gasteiger partial charge in [-0.3, -0.25) is 0 Å². The molecule has 0 atom stereocenters. The van der Waals surface area contributed by atoms with Crippen molar-refractivity contribution in [3.05, 3.63) is 0 Å². The van der Waals surface area contributed by atoms with Gasteiger partial charge in [-0.2, -0.15) is 0 Å². The zero-order chi connectivity index (χ0) is 12.9. The second kappa shape index (κ2) is 6.21. The van der Waals surface area contributed by atoms with Gasteiger partial charge in [0.15, 0.2) is 0 Å². The molecule has 0 saturated carbocycles. The Balaban J connectivity index is 2.53. The van der Waals surface area contributed by atoms with Crippen LogP contribution in [0.1, 0.15) is 33.1 Å². The first-order valence-electron chi connectivity index (χ1n) is 6.35. The largest absolute Gasteiger partial charge is 0.394 e. The van der Waals surface area contributed by atoms with Gasteiger partial charge in [0.2, 0.25) is 0 Å². The minimum Gasteiger partial charge on any atom is -0.394 e. The van der Waals surface area contributed by atoms with Crippen LogP contribution in [0, 0.1) is 5.92 Å². The van der Waals surface area contributed by atoms with E-state index in [4.69, 9.17) is 0 Å². The molecule has 1 aliphatic heterocycles. The zero-order valence-corrected chi connectivity index (χ0v) is 10.8. The van der Waals surface area contributed by atoms with Gasteiger partial charge < -0.3 is 20.4 Å². The van der Waals surface area contributed by atoms with E-state index in [1.54, 1.807) is 4.90 Å². The lowest BCUT2D eigenvalue weighted by atomic mass is 9.98. The molecule has 0 aliphatic carbocycles. The van der Waals surface area contributed by atoms with E-state index >= 15 is 0 Å². The molecule has 0 aromatic carbocycles. The van der Waals surface area contributed by atoms with Crippen LogP contribution in [0.3, 0.4) is 0 Å². The first-order valence-corrected chi connectivity index (χ1v) is 6.35. The van der Waals surface area contributed by atoms with Crippen LogP contribution in [0.4, 0.5) is 4.79 Å². The summed E-state index contributed by atoms with van der Waals surface area (Å²) in [6.07, 6.45) is 2.55. The lowest BCUT2D eigenvalue weighted by Gasteiger charge is -2.35. The van der Waals surface area contributed by atoms with Crippen molar-refractivity contribution < 1.29 is 15.0 Å². The minimum atomic E-state index is -0.889. The Labute approximate surface area is 103 Å². The van der Waals surface area contributed by atoms with Crippen molar-refractivity contribution in [1.29, 1.82) is 0 Å². The number of piperidine rings is 1. The van der Waals surface area contributed by atoms with Crippen molar-refractivity contribution >= 4 is 6.03 Å². The number of aliphatic hydroxyl groups is 2. The predicted molar refractivity (Wildman–Crippen MR) is 65.7 cm³/mol. The standard InChI is InChI=1S/C12H24N2O3/c1-3-12(8-15,9-16)13-11(17)14-6-4-10(2)5-7-14/h10,15-16H,3-9H2,1-2H3,(H,13,17). The Morgan fingerprint density at radius 1 is 1.35 bits per heavy atom. The minimum absolute atomic E-state index is 0.179. The summed E-state index contributed by atoms with van der Waals surface area (Å²) < 4.78 is 0. The van der Waals surface area contributed by atoms with Gasteiger partial charge in [-0.15, -0.1) is 0 Å². The zero-order valence-electron chi connectivity index (χ0n) is 10.8. The lowest BCUT2D eigenvalue weighted by molar-refractivity contribution is 0.0833. The lowest BCUT2D eigenvalue weighted by Crippen LogP contribution is -2.58. The highest BCUT2D eigenvalue weighted by Crippen LogP contribution is 2.17. The van der Waals surface area contributed by atoms with Gasteiger partial charge in [-0.1, -0.05) is 13.8 Å². The molecule has 17 heavy (non-hydrogen) atoms. The topological polar surface area (TPSA) is 72.8 Å². The number of urea groups is 1. The molecule has 1 heterocycles. The fourth-order valence-electron chi connectivity index (χ4n) is 1.96. The maximum Gasteiger partial charge on any atom is 0.317 e. The summed E-state index contributed by atoms with van der Waals surface area (Å²) in [5.74, 6) is 0.672. The van der Waals surface area contributed by atoms with Crippen LogP contribution < -0.4 is 5.32 Å². The highest BCUT2D eigenvalue weighted by atomic mass is 16.3. The Bertz CT molecular complexity index is 238. The van der Waals surface area contributed by atoms with Gasteiger partial charge in [0.25, 0.3) is 0 Å². The highest BCUT2D eigenvalue weighted by Gasteiger charge is 2.31. The monoisotopic (exact) mass is 244 g/mol. The molecule has 0 aromatic heterocycles. The van der Waals surface area contributed by atoms with Crippen LogP contribution in [0.2, 0.25) is 0 Å². The van der Waals surface area contributed by atoms with E-state index in [0.717, 1.165) is 25.9 Å². The molecule has 0 spiro atoms. The molecular formula is C12H24N2O3. The van der Waals surface area contributed by atoms with Crippen molar-refractivity contribution in [3.63, 3.8) is 0 Å². The molecule has 1 fully saturated rings. The molecule has 1 rings (SSSR count). The number of aliphatic hydroxyl groups excluding tert-OH is 2. The third-order valence-corrected chi connectivity index (χ3v) is 3.73. The smallest absolute Gasteiger partial charge is 0.317 e. The molecule has 1 aliphatic rings. The highest BCUT2D eigenvalue weighted by molar-refractivity contribution is 5.75. The predicted octanol–water partition coefficient (Wildman–Crippen LogP) is 0.561. The summed E-state index contributed by atoms with van der Waals surface area (Å²) in [6, 6.07) is -0.179. The average molecular weight is 244 g/mol. The van der Waals surface area contributed by atoms with Gasteiger partial charge >= 0.3 is 6.03 Å². The SMILES string of the molecule is CCC(CO)(CO)NC(=O)N1CCC(C)CC1. The number of nitrogens with one attached hydrogen (secondary N) is 1. The Morgan fingerprint density at radius 2 is 1.88 bits per heavy atom. The fraction of sp³-hybridized carbons (Fsp3) is 0.917. The quantitative estimate of drug-likeness (QED) is 0.676. The number of amides is 2. The molecule has 3 N–H and O–H groups in total. The molecule has 2 amide bonds. The first kappa shape index (κ1) is 14.3. The molecule has 5 heteroatoms. The molecule has 5 nitrogen and oxygen atoms in total. The summed E-state index contributed by atoms with van der Waals surface area (Å²) in [5, 5.41) is 21.3. The first-order chi connectivity index (χ1) is 8.06. The van der Waals surface area contributed by atoms with Crippen LogP contribution in [0.5, 0.6) is 0 Å². The number of carbonyl (C=O) groups is 1. The van der Waals surface area contributed by atoms with Crippen molar-refractivity contribution in [2.45, 2.75) is 38.6 Å². The molecule has 0 radical (unpaired) electrons. The van der Waals surface area contributed by atoms with E-state index in [0.29, 0.717) is 12.3 Å². The average Bonchev–Trinajstić information content (AvgIpc) is 2.37. The van der Waals surface area contributed by atoms with Gasteiger partial charge in [-0.25, -0.2) is 4.79 Å². The molecule has 0 aromatic rings. The second-order valence-corrected chi connectivity index (χ2v) is 5.05. The number of hydrogen-bond acceptors (Lipinski definition) is 3. The molecule has 0 unspecified atom stereocenters. The summed E-state index contributed by atoms with van der Waals surface area (Å²) >= 11 is 0. The van der Waals surface area contributed by atoms with Crippen LogP contribution in [0.15, 0.2) is 0 Å². The van der Waals surface area contributed by atoms with Crippen molar-refractivity contribution in [2.24, 2.45) is 5.92 Å². The van der Waals surface area contributed by atoms with E-state index in [2.05, 4.69) is 12.2 Å². The fourth-order valence-corrected chi connectivity index (χ4v) is 1.96. The Kier molecular flexibility index (Phi) is 5.21. The maximum absolute atomic E-state index is 12.0. The van der Waals surface area contributed by atoms with Gasteiger partial charge in [0, 0.05) is 13.1 Å². The summed E-state index contributed by atoms with van der Waals surface area (Å²) in [6.45, 7) is 5.05. The van der Waals surface area contributed by atoms with Crippen LogP contribution in [-0.2, 0) is 0 Å². The summed E-state index contributed by atoms with van der Waals surface area (Å²) in [7, 11) is 0. The summed E-state index contributed by atoms with van der Waals surface area (Å²) in [4.78, 5) is 13.7. The number of likely N-dealkylation sites (tertiary alicyclic amines) is 1. The second-order valence-electron chi connectivity index (χ2n) is 5.05. The van der Waals surface area contributed by atoms with Gasteiger partial charge in [0.05, 0.1) is 18.8 Å². The van der Waals surface area contributed by atoms with Gasteiger partial charge in [-0.05, 0) is 25.2 Å². The van der Waals surface area contributed by atoms with E-state index in [1.807, 2.05) is 6.92 Å². The van der Waals surface area contributed by atoms with Crippen LogP contribution in [0.25, 0.3) is 0 Å². The van der Waals surface area contributed by atoms with E-state index in [1.165, 1.54) is 0 Å². The third-order valence-electron chi connectivity index (χ3n) is 3.73. The number of carbonyl (C=O) groups excluding carboxylic acids is 1. The van der Waals surface area contributed by atoms with Crippen LogP contribution >= 0.6 is 0 Å². The Morgan fingerprint density at radius 3 is 2.29 bits per heavy atom. The number of nitrogens with zero attached hydrogens (tertiary/aromatic N) is 1. The number of rotatable bonds is 4. The van der Waals surface area contributed by atoms with Crippen molar-refractivity contribution in [1.82, 2.24) is 10.2 Å². The normalized spacial score (nSPS) is 18.2. The van der Waals surface area contributed by atoms with E-state index < -0.39 is 5.54 Å². The van der Waals surface area contributed by atoms with Gasteiger partial charge in [0.1, 0.15) is 0 Å². The van der Waals surface area contributed by atoms with E-state index in [-0.39, 0.29) is 19.2 Å². The maximum atomic E-state index is 12.0. The molecule has 0 bridgehead atoms. The van der Waals surface area contributed by atoms with Crippen LogP contribution in [-0.4, -0.2) is 53.0 Å². The molecular weight excluding hydrogens is 220 g/mol. The molecule has 1 saturated heterocycles. The van der Waals surface area contributed by atoms with Crippen molar-refractivity contribution in [3.8, 4) is 0 Å². The molecule has 100 valence electrons. The Hall–Kier alpha value is -0.810. The summed E-state index contributed by atoms with van der Waals surface area (Å²) in [5.41, 5.74) is -0.889. The van der Waals surface area contributed by atoms with Crippen molar-refractivity contribution in [2.75, 3.05) is 26.3 Å². The third kappa shape index (κ3) is 3.57.